The van der Waals surface area contributed by atoms with Crippen molar-refractivity contribution in [3.05, 3.63) is 107 Å². The molecule has 0 saturated carbocycles. The van der Waals surface area contributed by atoms with Gasteiger partial charge in [0.1, 0.15) is 0 Å². The number of hydrogen-bond acceptors (Lipinski definition) is 2. The fourth-order valence-corrected chi connectivity index (χ4v) is 4.37. The van der Waals surface area contributed by atoms with Crippen LogP contribution in [-0.4, -0.2) is 5.78 Å². The Hall–Kier alpha value is -2.58. The summed E-state index contributed by atoms with van der Waals surface area (Å²) in [7, 11) is 0. The first-order valence-corrected chi connectivity index (χ1v) is 9.24. The van der Waals surface area contributed by atoms with E-state index in [1.54, 1.807) is 11.8 Å². The van der Waals surface area contributed by atoms with Crippen LogP contribution in [0.3, 0.4) is 0 Å². The molecule has 0 saturated heterocycles. The molecule has 0 N–H and O–H groups in total. The van der Waals surface area contributed by atoms with Crippen molar-refractivity contribution in [2.24, 2.45) is 0 Å². The molecule has 3 aromatic carbocycles. The molecule has 0 bridgehead atoms. The van der Waals surface area contributed by atoms with Crippen LogP contribution in [0.15, 0.2) is 89.3 Å². The predicted molar refractivity (Wildman–Crippen MR) is 105 cm³/mol. The maximum absolute atomic E-state index is 13.2. The molecule has 0 spiro atoms. The second-order valence-electron chi connectivity index (χ2n) is 6.24. The summed E-state index contributed by atoms with van der Waals surface area (Å²) in [6, 6.07) is 26.5. The van der Waals surface area contributed by atoms with E-state index in [2.05, 4.69) is 43.3 Å². The number of carbonyl (C=O) groups is 1. The molecule has 1 nitrogen and oxygen atoms in total. The molecule has 25 heavy (non-hydrogen) atoms. The SMILES string of the molecule is Cc1ccc(/C=C2/C(=O)c3ccccc3SC2c2ccccc2)cc1. The Labute approximate surface area is 152 Å². The molecule has 122 valence electrons. The van der Waals surface area contributed by atoms with Gasteiger partial charge in [0.25, 0.3) is 0 Å². The second kappa shape index (κ2) is 6.73. The van der Waals surface area contributed by atoms with Crippen molar-refractivity contribution in [3.8, 4) is 0 Å². The minimum Gasteiger partial charge on any atom is -0.289 e. The van der Waals surface area contributed by atoms with Crippen LogP contribution in [0.4, 0.5) is 0 Å². The molecule has 1 unspecified atom stereocenters. The first kappa shape index (κ1) is 15.9. The fraction of sp³-hybridized carbons (Fsp3) is 0.0870. The maximum Gasteiger partial charge on any atom is 0.191 e. The fourth-order valence-electron chi connectivity index (χ4n) is 3.08. The molecule has 1 aliphatic heterocycles. The number of carbonyl (C=O) groups excluding carboxylic acids is 1. The van der Waals surface area contributed by atoms with E-state index in [1.807, 2.05) is 48.5 Å². The highest BCUT2D eigenvalue weighted by Crippen LogP contribution is 2.48. The molecule has 0 aliphatic carbocycles. The summed E-state index contributed by atoms with van der Waals surface area (Å²) in [5.74, 6) is 0.128. The molecule has 2 heteroatoms. The second-order valence-corrected chi connectivity index (χ2v) is 7.39. The third-order valence-electron chi connectivity index (χ3n) is 4.42. The standard InChI is InChI=1S/C23H18OS/c1-16-11-13-17(14-12-16)15-20-22(24)19-9-5-6-10-21(19)25-23(20)18-7-3-2-4-8-18/h2-15,23H,1H3/b20-15-. The van der Waals surface area contributed by atoms with Crippen molar-refractivity contribution < 1.29 is 4.79 Å². The zero-order valence-electron chi connectivity index (χ0n) is 14.0. The van der Waals surface area contributed by atoms with E-state index >= 15 is 0 Å². The molecule has 3 aromatic rings. The van der Waals surface area contributed by atoms with Crippen molar-refractivity contribution in [2.45, 2.75) is 17.1 Å². The van der Waals surface area contributed by atoms with E-state index in [4.69, 9.17) is 0 Å². The first-order valence-electron chi connectivity index (χ1n) is 8.36. The monoisotopic (exact) mass is 342 g/mol. The van der Waals surface area contributed by atoms with Crippen LogP contribution < -0.4 is 0 Å². The number of aryl methyl sites for hydroxylation is 1. The van der Waals surface area contributed by atoms with Crippen LogP contribution >= 0.6 is 11.8 Å². The third-order valence-corrected chi connectivity index (χ3v) is 5.79. The molecule has 0 amide bonds. The van der Waals surface area contributed by atoms with E-state index in [0.717, 1.165) is 27.2 Å². The molecule has 1 atom stereocenters. The van der Waals surface area contributed by atoms with Gasteiger partial charge in [-0.25, -0.2) is 0 Å². The number of hydrogen-bond donors (Lipinski definition) is 0. The highest BCUT2D eigenvalue weighted by atomic mass is 32.2. The smallest absolute Gasteiger partial charge is 0.191 e. The zero-order chi connectivity index (χ0) is 17.2. The summed E-state index contributed by atoms with van der Waals surface area (Å²) < 4.78 is 0. The van der Waals surface area contributed by atoms with Gasteiger partial charge >= 0.3 is 0 Å². The van der Waals surface area contributed by atoms with Crippen molar-refractivity contribution in [1.82, 2.24) is 0 Å². The molecule has 4 rings (SSSR count). The number of rotatable bonds is 2. The maximum atomic E-state index is 13.2. The van der Waals surface area contributed by atoms with Crippen molar-refractivity contribution >= 4 is 23.6 Å². The van der Waals surface area contributed by atoms with Crippen molar-refractivity contribution in [1.29, 1.82) is 0 Å². The van der Waals surface area contributed by atoms with Crippen LogP contribution in [0.2, 0.25) is 0 Å². The Morgan fingerprint density at radius 1 is 0.840 bits per heavy atom. The van der Waals surface area contributed by atoms with Crippen molar-refractivity contribution in [3.63, 3.8) is 0 Å². The lowest BCUT2D eigenvalue weighted by Crippen LogP contribution is -2.16. The highest BCUT2D eigenvalue weighted by molar-refractivity contribution is 8.00. The largest absolute Gasteiger partial charge is 0.289 e. The van der Waals surface area contributed by atoms with Crippen LogP contribution in [0.1, 0.15) is 32.3 Å². The van der Waals surface area contributed by atoms with Gasteiger partial charge in [-0.2, -0.15) is 0 Å². The minimum atomic E-state index is 0.0184. The predicted octanol–water partition coefficient (Wildman–Crippen LogP) is 6.11. The highest BCUT2D eigenvalue weighted by Gasteiger charge is 2.31. The molecule has 0 radical (unpaired) electrons. The molecule has 0 aromatic heterocycles. The first-order chi connectivity index (χ1) is 12.2. The lowest BCUT2D eigenvalue weighted by molar-refractivity contribution is 0.102. The van der Waals surface area contributed by atoms with Crippen molar-refractivity contribution in [2.75, 3.05) is 0 Å². The van der Waals surface area contributed by atoms with Gasteiger partial charge in [0.05, 0.1) is 5.25 Å². The summed E-state index contributed by atoms with van der Waals surface area (Å²) in [4.78, 5) is 14.2. The quantitative estimate of drug-likeness (QED) is 0.523. The number of ketones is 1. The summed E-state index contributed by atoms with van der Waals surface area (Å²) >= 11 is 1.76. The average Bonchev–Trinajstić information content (AvgIpc) is 2.66. The van der Waals surface area contributed by atoms with E-state index in [1.165, 1.54) is 5.56 Å². The lowest BCUT2D eigenvalue weighted by Gasteiger charge is -2.26. The molecule has 1 heterocycles. The Morgan fingerprint density at radius 2 is 1.52 bits per heavy atom. The minimum absolute atomic E-state index is 0.0184. The lowest BCUT2D eigenvalue weighted by atomic mass is 9.93. The topological polar surface area (TPSA) is 17.1 Å². The number of fused-ring (bicyclic) bond motifs is 1. The summed E-state index contributed by atoms with van der Waals surface area (Å²) in [6.07, 6.45) is 2.04. The van der Waals surface area contributed by atoms with Gasteiger partial charge in [-0.3, -0.25) is 4.79 Å². The van der Waals surface area contributed by atoms with E-state index in [-0.39, 0.29) is 11.0 Å². The van der Waals surface area contributed by atoms with E-state index in [9.17, 15) is 4.79 Å². The van der Waals surface area contributed by atoms with Gasteiger partial charge in [0.2, 0.25) is 0 Å². The van der Waals surface area contributed by atoms with Gasteiger partial charge < -0.3 is 0 Å². The van der Waals surface area contributed by atoms with Gasteiger partial charge in [0.15, 0.2) is 5.78 Å². The molecular weight excluding hydrogens is 324 g/mol. The van der Waals surface area contributed by atoms with E-state index in [0.29, 0.717) is 0 Å². The molecular formula is C23H18OS. The third kappa shape index (κ3) is 3.18. The van der Waals surface area contributed by atoms with Gasteiger partial charge in [-0.15, -0.1) is 11.8 Å². The Balaban J connectivity index is 1.85. The van der Waals surface area contributed by atoms with Crippen LogP contribution in [0, 0.1) is 6.92 Å². The number of benzene rings is 3. The van der Waals surface area contributed by atoms with Gasteiger partial charge in [-0.1, -0.05) is 72.3 Å². The Kier molecular flexibility index (Phi) is 4.29. The molecule has 0 fully saturated rings. The summed E-state index contributed by atoms with van der Waals surface area (Å²) in [5.41, 5.74) is 5.09. The zero-order valence-corrected chi connectivity index (χ0v) is 14.8. The van der Waals surface area contributed by atoms with E-state index < -0.39 is 0 Å². The Bertz CT molecular complexity index is 939. The van der Waals surface area contributed by atoms with Crippen LogP contribution in [0.5, 0.6) is 0 Å². The number of thioether (sulfide) groups is 1. The molecule has 1 aliphatic rings. The van der Waals surface area contributed by atoms with Crippen LogP contribution in [0.25, 0.3) is 6.08 Å². The van der Waals surface area contributed by atoms with Crippen LogP contribution in [-0.2, 0) is 0 Å². The van der Waals surface area contributed by atoms with Gasteiger partial charge in [0, 0.05) is 16.0 Å². The van der Waals surface area contributed by atoms with Gasteiger partial charge in [-0.05, 0) is 36.3 Å². The Morgan fingerprint density at radius 3 is 2.28 bits per heavy atom. The average molecular weight is 342 g/mol. The summed E-state index contributed by atoms with van der Waals surface area (Å²) in [6.45, 7) is 2.07. The summed E-state index contributed by atoms with van der Waals surface area (Å²) in [5, 5.41) is 0.0184. The number of Topliss-reactive ketones (excluding diaryl/α,β-unsaturated/α-hetero) is 1. The normalized spacial score (nSPS) is 18.2.